The fraction of sp³-hybridized carbons (Fsp3) is 0.250. The fourth-order valence-corrected chi connectivity index (χ4v) is 4.62. The zero-order valence-electron chi connectivity index (χ0n) is 15.7. The van der Waals surface area contributed by atoms with E-state index in [0.717, 1.165) is 5.56 Å². The van der Waals surface area contributed by atoms with Gasteiger partial charge in [-0.15, -0.1) is 0 Å². The second-order valence-electron chi connectivity index (χ2n) is 7.66. The third-order valence-electron chi connectivity index (χ3n) is 5.74. The van der Waals surface area contributed by atoms with Crippen LogP contribution in [0.25, 0.3) is 0 Å². The van der Waals surface area contributed by atoms with Crippen LogP contribution < -0.4 is 0 Å². The molecule has 0 spiro atoms. The van der Waals surface area contributed by atoms with Crippen LogP contribution in [0.3, 0.4) is 0 Å². The Hall–Kier alpha value is -2.01. The average molecular weight is 440 g/mol. The number of aliphatic hydroxyl groups is 1. The maximum absolute atomic E-state index is 13.8. The van der Waals surface area contributed by atoms with Crippen molar-refractivity contribution in [1.82, 2.24) is 4.90 Å². The summed E-state index contributed by atoms with van der Waals surface area (Å²) in [7, 11) is 0. The minimum Gasteiger partial charge on any atom is -0.387 e. The highest BCUT2D eigenvalue weighted by Crippen LogP contribution is 2.42. The van der Waals surface area contributed by atoms with E-state index in [1.165, 1.54) is 23.3 Å². The van der Waals surface area contributed by atoms with Gasteiger partial charge >= 0.3 is 0 Å². The molecular formula is C24H23BrFNO. The Bertz CT molecular complexity index is 882. The Morgan fingerprint density at radius 1 is 0.893 bits per heavy atom. The lowest BCUT2D eigenvalue weighted by Gasteiger charge is -2.53. The second-order valence-corrected chi connectivity index (χ2v) is 8.57. The number of hydrogen-bond acceptors (Lipinski definition) is 2. The molecule has 0 amide bonds. The molecule has 0 saturated carbocycles. The molecule has 0 aliphatic carbocycles. The summed E-state index contributed by atoms with van der Waals surface area (Å²) in [6.07, 6.45) is 0. The van der Waals surface area contributed by atoms with Gasteiger partial charge in [0, 0.05) is 23.5 Å². The lowest BCUT2D eigenvalue weighted by atomic mass is 9.76. The molecule has 1 atom stereocenters. The first-order chi connectivity index (χ1) is 13.5. The number of nitrogens with zero attached hydrogens (tertiary/aromatic N) is 1. The molecule has 4 heteroatoms. The molecule has 2 nitrogen and oxygen atoms in total. The molecule has 28 heavy (non-hydrogen) atoms. The Labute approximate surface area is 173 Å². The monoisotopic (exact) mass is 439 g/mol. The third kappa shape index (κ3) is 3.77. The summed E-state index contributed by atoms with van der Waals surface area (Å²) < 4.78 is 14.5. The summed E-state index contributed by atoms with van der Waals surface area (Å²) in [4.78, 5) is 2.29. The molecule has 3 aromatic carbocycles. The van der Waals surface area contributed by atoms with Gasteiger partial charge in [-0.2, -0.15) is 0 Å². The van der Waals surface area contributed by atoms with Gasteiger partial charge in [0.1, 0.15) is 5.82 Å². The normalized spacial score (nSPS) is 17.3. The Morgan fingerprint density at radius 3 is 1.93 bits per heavy atom. The van der Waals surface area contributed by atoms with E-state index < -0.39 is 5.60 Å². The van der Waals surface area contributed by atoms with E-state index in [1.54, 1.807) is 0 Å². The zero-order valence-corrected chi connectivity index (χ0v) is 17.3. The first-order valence-electron chi connectivity index (χ1n) is 9.48. The van der Waals surface area contributed by atoms with Crippen molar-refractivity contribution < 1.29 is 9.50 Å². The van der Waals surface area contributed by atoms with Crippen LogP contribution in [0.1, 0.15) is 35.6 Å². The largest absolute Gasteiger partial charge is 0.387 e. The van der Waals surface area contributed by atoms with E-state index in [0.29, 0.717) is 17.6 Å². The minimum absolute atomic E-state index is 0.0918. The molecule has 0 unspecified atom stereocenters. The zero-order chi connectivity index (χ0) is 19.7. The molecule has 144 valence electrons. The van der Waals surface area contributed by atoms with Gasteiger partial charge in [0.25, 0.3) is 0 Å². The van der Waals surface area contributed by atoms with Crippen molar-refractivity contribution in [3.63, 3.8) is 0 Å². The second kappa shape index (κ2) is 7.78. The quantitative estimate of drug-likeness (QED) is 0.564. The van der Waals surface area contributed by atoms with E-state index in [-0.39, 0.29) is 17.8 Å². The van der Waals surface area contributed by atoms with Crippen LogP contribution in [0.2, 0.25) is 0 Å². The summed E-state index contributed by atoms with van der Waals surface area (Å²) >= 11 is 3.35. The van der Waals surface area contributed by atoms with E-state index in [9.17, 15) is 9.50 Å². The molecular weight excluding hydrogens is 417 g/mol. The summed E-state index contributed by atoms with van der Waals surface area (Å²) in [5.74, 6) is -0.453. The molecule has 0 aromatic heterocycles. The highest BCUT2D eigenvalue weighted by Gasteiger charge is 2.48. The van der Waals surface area contributed by atoms with Gasteiger partial charge in [0.2, 0.25) is 0 Å². The maximum atomic E-state index is 13.8. The van der Waals surface area contributed by atoms with Crippen molar-refractivity contribution in [3.05, 3.63) is 106 Å². The van der Waals surface area contributed by atoms with E-state index >= 15 is 0 Å². The standard InChI is InChI=1S/C24H23BrFNO/c1-17(20-12-21(25)14-22(26)13-20)24(28)15-27(16-24)23(18-8-4-2-5-9-18)19-10-6-3-7-11-19/h2-14,17,23,28H,15-16H2,1H3/t17-/m1/s1. The van der Waals surface area contributed by atoms with Crippen molar-refractivity contribution >= 4 is 15.9 Å². The summed E-state index contributed by atoms with van der Waals surface area (Å²) in [6.45, 7) is 3.05. The minimum atomic E-state index is -0.880. The van der Waals surface area contributed by atoms with Crippen LogP contribution in [-0.2, 0) is 0 Å². The van der Waals surface area contributed by atoms with Crippen molar-refractivity contribution in [2.24, 2.45) is 0 Å². The Balaban J connectivity index is 1.59. The van der Waals surface area contributed by atoms with E-state index in [2.05, 4.69) is 45.1 Å². The smallest absolute Gasteiger partial charge is 0.124 e. The summed E-state index contributed by atoms with van der Waals surface area (Å²) in [5, 5.41) is 11.2. The maximum Gasteiger partial charge on any atom is 0.124 e. The Morgan fingerprint density at radius 2 is 1.43 bits per heavy atom. The van der Waals surface area contributed by atoms with Gasteiger partial charge < -0.3 is 5.11 Å². The van der Waals surface area contributed by atoms with Gasteiger partial charge in [-0.3, -0.25) is 4.90 Å². The predicted octanol–water partition coefficient (Wildman–Crippen LogP) is 5.53. The number of halogens is 2. The number of hydrogen-bond donors (Lipinski definition) is 1. The highest BCUT2D eigenvalue weighted by molar-refractivity contribution is 9.10. The fourth-order valence-electron chi connectivity index (χ4n) is 4.13. The van der Waals surface area contributed by atoms with Crippen LogP contribution in [0, 0.1) is 5.82 Å². The molecule has 1 aliphatic heterocycles. The van der Waals surface area contributed by atoms with Crippen LogP contribution in [0.4, 0.5) is 4.39 Å². The van der Waals surface area contributed by atoms with Gasteiger partial charge in [0.05, 0.1) is 11.6 Å². The first-order valence-corrected chi connectivity index (χ1v) is 10.3. The number of β-amino-alcohol motifs (C(OH)–C–C–N with tert-alkyl or cyclic N) is 1. The molecule has 0 radical (unpaired) electrons. The molecule has 1 fully saturated rings. The molecule has 1 saturated heterocycles. The molecule has 1 N–H and O–H groups in total. The van der Waals surface area contributed by atoms with Crippen molar-refractivity contribution in [2.75, 3.05) is 13.1 Å². The third-order valence-corrected chi connectivity index (χ3v) is 6.20. The first kappa shape index (κ1) is 19.3. The van der Waals surface area contributed by atoms with Crippen molar-refractivity contribution in [3.8, 4) is 0 Å². The number of rotatable bonds is 5. The molecule has 1 heterocycles. The SMILES string of the molecule is C[C@H](c1cc(F)cc(Br)c1)C1(O)CN(C(c2ccccc2)c2ccccc2)C1. The molecule has 0 bridgehead atoms. The Kier molecular flexibility index (Phi) is 5.37. The van der Waals surface area contributed by atoms with Gasteiger partial charge in [-0.05, 0) is 34.9 Å². The van der Waals surface area contributed by atoms with Crippen molar-refractivity contribution in [2.45, 2.75) is 24.5 Å². The van der Waals surface area contributed by atoms with Crippen molar-refractivity contribution in [1.29, 1.82) is 0 Å². The average Bonchev–Trinajstić information content (AvgIpc) is 2.67. The molecule has 4 rings (SSSR count). The topological polar surface area (TPSA) is 23.5 Å². The van der Waals surface area contributed by atoms with Crippen LogP contribution in [-0.4, -0.2) is 28.7 Å². The van der Waals surface area contributed by atoms with Gasteiger partial charge in [-0.1, -0.05) is 83.5 Å². The highest BCUT2D eigenvalue weighted by atomic mass is 79.9. The number of benzene rings is 3. The molecule has 3 aromatic rings. The van der Waals surface area contributed by atoms with E-state index in [1.807, 2.05) is 49.4 Å². The van der Waals surface area contributed by atoms with Crippen LogP contribution >= 0.6 is 15.9 Å². The van der Waals surface area contributed by atoms with Gasteiger partial charge in [-0.25, -0.2) is 4.39 Å². The van der Waals surface area contributed by atoms with E-state index in [4.69, 9.17) is 0 Å². The van der Waals surface area contributed by atoms with Gasteiger partial charge in [0.15, 0.2) is 0 Å². The van der Waals surface area contributed by atoms with Crippen LogP contribution in [0.15, 0.2) is 83.3 Å². The lowest BCUT2D eigenvalue weighted by molar-refractivity contribution is -0.124. The summed E-state index contributed by atoms with van der Waals surface area (Å²) in [6, 6.07) is 25.7. The summed E-state index contributed by atoms with van der Waals surface area (Å²) in [5.41, 5.74) is 2.34. The lowest BCUT2D eigenvalue weighted by Crippen LogP contribution is -2.64. The van der Waals surface area contributed by atoms with Crippen LogP contribution in [0.5, 0.6) is 0 Å². The number of likely N-dealkylation sites (tertiary alicyclic amines) is 1. The predicted molar refractivity (Wildman–Crippen MR) is 114 cm³/mol. The molecule has 1 aliphatic rings.